The molecule has 1 aliphatic carbocycles. The lowest BCUT2D eigenvalue weighted by molar-refractivity contribution is -0.175. The topological polar surface area (TPSA) is 102 Å². The fraction of sp³-hybridized carbons (Fsp3) is 0.545. The zero-order valence-corrected chi connectivity index (χ0v) is 18.2. The molecule has 7 nitrogen and oxygen atoms in total. The lowest BCUT2D eigenvalue weighted by atomic mass is 9.98. The molecular weight excluding hydrogens is 444 g/mol. The van der Waals surface area contributed by atoms with Gasteiger partial charge in [0.25, 0.3) is 5.91 Å². The predicted molar refractivity (Wildman–Crippen MR) is 107 cm³/mol. The normalized spacial score (nSPS) is 24.8. The Balaban J connectivity index is 1.93. The first-order valence-corrected chi connectivity index (χ1v) is 10.5. The molecule has 2 N–H and O–H groups in total. The summed E-state index contributed by atoms with van der Waals surface area (Å²) in [7, 11) is 0. The highest BCUT2D eigenvalue weighted by Crippen LogP contribution is 2.65. The number of carbonyl (C=O) groups is 3. The summed E-state index contributed by atoms with van der Waals surface area (Å²) in [5, 5.41) is 13.4. The number of likely N-dealkylation sites (tertiary alicyclic amines) is 1. The standard InChI is InChI=1S/C22H24F4N4O3/c1-4-13(9-27)28-18(31)17-15-14(21(15,2)3)10-30(17)19(32)16(29-20(33)22(24,25)26)11-5-7-12(23)8-6-11/h5-8,13-17H,4,10H2,1-3H3,(H,28,31)(H,29,33)/t13-,14-,15-,16-,17-/m0/s1. The van der Waals surface area contributed by atoms with Crippen molar-refractivity contribution in [3.8, 4) is 6.07 Å². The number of benzene rings is 1. The van der Waals surface area contributed by atoms with Crippen molar-refractivity contribution in [3.63, 3.8) is 0 Å². The maximum absolute atomic E-state index is 13.4. The molecule has 11 heteroatoms. The zero-order chi connectivity index (χ0) is 24.7. The number of nitrogens with one attached hydrogen (secondary N) is 2. The number of rotatable bonds is 6. The van der Waals surface area contributed by atoms with Gasteiger partial charge in [0, 0.05) is 6.54 Å². The van der Waals surface area contributed by atoms with E-state index in [2.05, 4.69) is 5.32 Å². The highest BCUT2D eigenvalue weighted by molar-refractivity contribution is 5.95. The number of nitrogens with zero attached hydrogens (tertiary/aromatic N) is 2. The van der Waals surface area contributed by atoms with Gasteiger partial charge in [-0.3, -0.25) is 14.4 Å². The molecule has 1 aromatic carbocycles. The number of nitriles is 1. The van der Waals surface area contributed by atoms with Crippen LogP contribution in [-0.4, -0.2) is 47.4 Å². The number of amides is 3. The van der Waals surface area contributed by atoms with E-state index in [0.29, 0.717) is 6.42 Å². The van der Waals surface area contributed by atoms with Crippen molar-refractivity contribution in [2.24, 2.45) is 17.3 Å². The number of halogens is 4. The second-order valence-corrected chi connectivity index (χ2v) is 8.94. The van der Waals surface area contributed by atoms with Crippen LogP contribution < -0.4 is 10.6 Å². The Morgan fingerprint density at radius 3 is 2.33 bits per heavy atom. The molecule has 178 valence electrons. The Labute approximate surface area is 188 Å². The number of carbonyl (C=O) groups excluding carboxylic acids is 3. The third kappa shape index (κ3) is 4.65. The molecule has 2 fully saturated rings. The smallest absolute Gasteiger partial charge is 0.339 e. The van der Waals surface area contributed by atoms with Crippen molar-refractivity contribution in [1.82, 2.24) is 15.5 Å². The van der Waals surface area contributed by atoms with E-state index in [-0.39, 0.29) is 29.4 Å². The molecule has 3 rings (SSSR count). The Kier molecular flexibility index (Phi) is 6.42. The molecule has 5 atom stereocenters. The first-order chi connectivity index (χ1) is 15.3. The van der Waals surface area contributed by atoms with Gasteiger partial charge in [-0.1, -0.05) is 32.9 Å². The van der Waals surface area contributed by atoms with Crippen molar-refractivity contribution < 1.29 is 31.9 Å². The van der Waals surface area contributed by atoms with Crippen LogP contribution in [0.25, 0.3) is 0 Å². The van der Waals surface area contributed by atoms with E-state index in [1.165, 1.54) is 0 Å². The van der Waals surface area contributed by atoms with Crippen molar-refractivity contribution in [3.05, 3.63) is 35.6 Å². The minimum absolute atomic E-state index is 0.0542. The molecule has 1 aliphatic heterocycles. The van der Waals surface area contributed by atoms with Gasteiger partial charge in [-0.05, 0) is 41.4 Å². The van der Waals surface area contributed by atoms with Crippen molar-refractivity contribution in [2.45, 2.75) is 51.5 Å². The third-order valence-corrected chi connectivity index (χ3v) is 6.62. The van der Waals surface area contributed by atoms with E-state index in [4.69, 9.17) is 0 Å². The summed E-state index contributed by atoms with van der Waals surface area (Å²) in [6.45, 7) is 5.66. The quantitative estimate of drug-likeness (QED) is 0.626. The highest BCUT2D eigenvalue weighted by Gasteiger charge is 2.69. The van der Waals surface area contributed by atoms with Crippen LogP contribution in [0.3, 0.4) is 0 Å². The number of alkyl halides is 3. The summed E-state index contributed by atoms with van der Waals surface area (Å²) in [5.74, 6) is -4.79. The second kappa shape index (κ2) is 8.65. The Hall–Kier alpha value is -3.16. The summed E-state index contributed by atoms with van der Waals surface area (Å²) >= 11 is 0. The molecule has 1 saturated heterocycles. The first kappa shape index (κ1) is 24.5. The van der Waals surface area contributed by atoms with Crippen molar-refractivity contribution in [2.75, 3.05) is 6.54 Å². The molecule has 1 saturated carbocycles. The van der Waals surface area contributed by atoms with Crippen LogP contribution in [-0.2, 0) is 14.4 Å². The molecule has 0 bridgehead atoms. The van der Waals surface area contributed by atoms with Gasteiger partial charge in [0.1, 0.15) is 23.9 Å². The van der Waals surface area contributed by atoms with Gasteiger partial charge in [-0.15, -0.1) is 0 Å². The van der Waals surface area contributed by atoms with Crippen molar-refractivity contribution in [1.29, 1.82) is 5.26 Å². The molecule has 2 aliphatic rings. The third-order valence-electron chi connectivity index (χ3n) is 6.62. The van der Waals surface area contributed by atoms with Crippen LogP contribution in [0, 0.1) is 34.4 Å². The van der Waals surface area contributed by atoms with Gasteiger partial charge in [-0.25, -0.2) is 4.39 Å². The van der Waals surface area contributed by atoms with Gasteiger partial charge in [0.15, 0.2) is 0 Å². The van der Waals surface area contributed by atoms with E-state index >= 15 is 0 Å². The number of piperidine rings is 1. The molecule has 1 aromatic rings. The van der Waals surface area contributed by atoms with Gasteiger partial charge >= 0.3 is 12.1 Å². The molecule has 33 heavy (non-hydrogen) atoms. The van der Waals surface area contributed by atoms with Gasteiger partial charge < -0.3 is 15.5 Å². The SMILES string of the molecule is CC[C@@H](C#N)NC(=O)[C@@H]1[C@@H]2[C@H](CN1C(=O)[C@@H](NC(=O)C(F)(F)F)c1ccc(F)cc1)C2(C)C. The Bertz CT molecular complexity index is 987. The van der Waals surface area contributed by atoms with Gasteiger partial charge in [0.2, 0.25) is 5.91 Å². The molecule has 1 heterocycles. The largest absolute Gasteiger partial charge is 0.471 e. The van der Waals surface area contributed by atoms with E-state index in [1.807, 2.05) is 19.9 Å². The summed E-state index contributed by atoms with van der Waals surface area (Å²) in [4.78, 5) is 39.3. The molecule has 0 radical (unpaired) electrons. The molecule has 3 amide bonds. The second-order valence-electron chi connectivity index (χ2n) is 8.94. The molecular formula is C22H24F4N4O3. The van der Waals surface area contributed by atoms with Crippen LogP contribution in [0.4, 0.5) is 17.6 Å². The lowest BCUT2D eigenvalue weighted by Crippen LogP contribution is -2.55. The van der Waals surface area contributed by atoms with E-state index in [1.54, 1.807) is 12.2 Å². The van der Waals surface area contributed by atoms with Crippen LogP contribution >= 0.6 is 0 Å². The predicted octanol–water partition coefficient (Wildman–Crippen LogP) is 2.45. The average molecular weight is 468 g/mol. The molecule has 0 unspecified atom stereocenters. The minimum atomic E-state index is -5.24. The maximum atomic E-state index is 13.4. The maximum Gasteiger partial charge on any atom is 0.471 e. The summed E-state index contributed by atoms with van der Waals surface area (Å²) < 4.78 is 52.2. The summed E-state index contributed by atoms with van der Waals surface area (Å²) in [6, 6.07) is 2.51. The number of hydrogen-bond acceptors (Lipinski definition) is 4. The van der Waals surface area contributed by atoms with E-state index in [9.17, 15) is 37.2 Å². The van der Waals surface area contributed by atoms with Crippen LogP contribution in [0.5, 0.6) is 0 Å². The highest BCUT2D eigenvalue weighted by atomic mass is 19.4. The fourth-order valence-electron chi connectivity index (χ4n) is 4.62. The van der Waals surface area contributed by atoms with Gasteiger partial charge in [-0.2, -0.15) is 18.4 Å². The minimum Gasteiger partial charge on any atom is -0.339 e. The van der Waals surface area contributed by atoms with E-state index in [0.717, 1.165) is 29.2 Å². The lowest BCUT2D eigenvalue weighted by Gasteiger charge is -2.33. The zero-order valence-electron chi connectivity index (χ0n) is 18.2. The summed E-state index contributed by atoms with van der Waals surface area (Å²) in [5.41, 5.74) is -0.324. The molecule has 0 spiro atoms. The van der Waals surface area contributed by atoms with Gasteiger partial charge in [0.05, 0.1) is 6.07 Å². The number of fused-ring (bicyclic) bond motifs is 1. The molecule has 0 aromatic heterocycles. The van der Waals surface area contributed by atoms with Crippen LogP contribution in [0.2, 0.25) is 0 Å². The first-order valence-electron chi connectivity index (χ1n) is 10.5. The van der Waals surface area contributed by atoms with Crippen molar-refractivity contribution >= 4 is 17.7 Å². The van der Waals surface area contributed by atoms with E-state index < -0.39 is 47.8 Å². The Morgan fingerprint density at radius 1 is 1.21 bits per heavy atom. The Morgan fingerprint density at radius 2 is 1.82 bits per heavy atom. The van der Waals surface area contributed by atoms with Crippen LogP contribution in [0.15, 0.2) is 24.3 Å². The monoisotopic (exact) mass is 468 g/mol. The fourth-order valence-corrected chi connectivity index (χ4v) is 4.62. The summed E-state index contributed by atoms with van der Waals surface area (Å²) in [6.07, 6.45) is -4.91. The average Bonchev–Trinajstić information content (AvgIpc) is 3.09. The number of hydrogen-bond donors (Lipinski definition) is 2. The van der Waals surface area contributed by atoms with Crippen LogP contribution in [0.1, 0.15) is 38.8 Å².